The Hall–Kier alpha value is -1.75. The van der Waals surface area contributed by atoms with Gasteiger partial charge in [-0.2, -0.15) is 0 Å². The minimum atomic E-state index is 0.203. The van der Waals surface area contributed by atoms with Crippen molar-refractivity contribution in [1.82, 2.24) is 10.3 Å². The second-order valence-corrected chi connectivity index (χ2v) is 7.43. The highest BCUT2D eigenvalue weighted by Crippen LogP contribution is 2.31. The van der Waals surface area contributed by atoms with Crippen molar-refractivity contribution in [2.45, 2.75) is 30.7 Å². The molecule has 2 fully saturated rings. The van der Waals surface area contributed by atoms with Crippen LogP contribution in [-0.2, 0) is 4.79 Å². The topological polar surface area (TPSA) is 45.2 Å². The molecule has 2 atom stereocenters. The molecule has 120 valence electrons. The fourth-order valence-corrected chi connectivity index (χ4v) is 4.23. The normalized spacial score (nSPS) is 23.9. The van der Waals surface area contributed by atoms with Gasteiger partial charge in [0, 0.05) is 41.8 Å². The van der Waals surface area contributed by atoms with E-state index in [-0.39, 0.29) is 5.91 Å². The van der Waals surface area contributed by atoms with E-state index in [1.54, 1.807) is 11.8 Å². The van der Waals surface area contributed by atoms with Gasteiger partial charge in [-0.05, 0) is 43.4 Å². The summed E-state index contributed by atoms with van der Waals surface area (Å²) in [5, 5.41) is 4.32. The smallest absolute Gasteiger partial charge is 0.220 e. The number of nitrogens with one attached hydrogen (secondary N) is 1. The molecule has 0 aliphatic carbocycles. The van der Waals surface area contributed by atoms with Crippen LogP contribution in [0.4, 0.5) is 5.82 Å². The lowest BCUT2D eigenvalue weighted by atomic mass is 9.93. The molecule has 4 rings (SSSR count). The Kier molecular flexibility index (Phi) is 3.68. The monoisotopic (exact) mass is 327 g/mol. The molecular weight excluding hydrogens is 306 g/mol. The molecule has 0 saturated carbocycles. The van der Waals surface area contributed by atoms with Crippen molar-refractivity contribution in [3.8, 4) is 0 Å². The number of carbonyl (C=O) groups excluding carboxylic acids is 1. The molecule has 1 N–H and O–H groups in total. The minimum Gasteiger partial charge on any atom is -0.356 e. The molecule has 0 radical (unpaired) electrons. The maximum absolute atomic E-state index is 11.6. The Morgan fingerprint density at radius 1 is 1.35 bits per heavy atom. The molecule has 0 bridgehead atoms. The number of anilines is 1. The summed E-state index contributed by atoms with van der Waals surface area (Å²) in [5.74, 6) is 1.67. The van der Waals surface area contributed by atoms with Gasteiger partial charge in [0.1, 0.15) is 5.82 Å². The quantitative estimate of drug-likeness (QED) is 0.862. The Morgan fingerprint density at radius 2 is 2.22 bits per heavy atom. The highest BCUT2D eigenvalue weighted by Gasteiger charge is 2.37. The van der Waals surface area contributed by atoms with Crippen molar-refractivity contribution in [2.24, 2.45) is 5.92 Å². The molecule has 2 aromatic rings. The molecule has 1 aromatic carbocycles. The van der Waals surface area contributed by atoms with Crippen LogP contribution >= 0.6 is 11.8 Å². The average Bonchev–Trinajstić information content (AvgIpc) is 2.93. The van der Waals surface area contributed by atoms with Crippen molar-refractivity contribution in [1.29, 1.82) is 0 Å². The molecular formula is C18H21N3OS. The molecule has 23 heavy (non-hydrogen) atoms. The lowest BCUT2D eigenvalue weighted by Gasteiger charge is -2.35. The zero-order chi connectivity index (χ0) is 16.0. The second kappa shape index (κ2) is 5.71. The number of aryl methyl sites for hydroxylation is 1. The van der Waals surface area contributed by atoms with Gasteiger partial charge in [-0.15, -0.1) is 11.8 Å². The average molecular weight is 327 g/mol. The first-order valence-corrected chi connectivity index (χ1v) is 9.36. The van der Waals surface area contributed by atoms with Crippen LogP contribution in [0.15, 0.2) is 29.2 Å². The fraction of sp³-hybridized carbons (Fsp3) is 0.444. The first kappa shape index (κ1) is 14.8. The SMILES string of the molecule is CSc1ccc2c(C)cc(N3CC[C@@H]4NC(=O)C[C@@H]4C3)nc2c1. The number of hydrogen-bond acceptors (Lipinski definition) is 4. The van der Waals surface area contributed by atoms with Crippen LogP contribution in [0.1, 0.15) is 18.4 Å². The Labute approximate surface area is 140 Å². The number of rotatable bonds is 2. The van der Waals surface area contributed by atoms with Crippen molar-refractivity contribution in [3.05, 3.63) is 29.8 Å². The molecule has 3 heterocycles. The van der Waals surface area contributed by atoms with E-state index in [9.17, 15) is 4.79 Å². The number of piperidine rings is 1. The number of aromatic nitrogens is 1. The zero-order valence-electron chi connectivity index (χ0n) is 13.5. The van der Waals surface area contributed by atoms with Crippen LogP contribution in [0, 0.1) is 12.8 Å². The van der Waals surface area contributed by atoms with Gasteiger partial charge in [0.25, 0.3) is 0 Å². The van der Waals surface area contributed by atoms with Crippen LogP contribution in [0.3, 0.4) is 0 Å². The van der Waals surface area contributed by atoms with Crippen LogP contribution < -0.4 is 10.2 Å². The molecule has 2 aliphatic heterocycles. The molecule has 0 unspecified atom stereocenters. The first-order valence-electron chi connectivity index (χ1n) is 8.14. The molecule has 5 heteroatoms. The highest BCUT2D eigenvalue weighted by atomic mass is 32.2. The molecule has 1 aromatic heterocycles. The molecule has 1 amide bonds. The van der Waals surface area contributed by atoms with E-state index in [2.05, 4.69) is 47.7 Å². The lowest BCUT2D eigenvalue weighted by molar-refractivity contribution is -0.119. The number of benzene rings is 1. The van der Waals surface area contributed by atoms with Crippen molar-refractivity contribution < 1.29 is 4.79 Å². The predicted molar refractivity (Wildman–Crippen MR) is 95.1 cm³/mol. The van der Waals surface area contributed by atoms with Crippen molar-refractivity contribution in [2.75, 3.05) is 24.2 Å². The van der Waals surface area contributed by atoms with Gasteiger partial charge in [-0.1, -0.05) is 6.07 Å². The fourth-order valence-electron chi connectivity index (χ4n) is 3.79. The number of pyridine rings is 1. The summed E-state index contributed by atoms with van der Waals surface area (Å²) in [4.78, 5) is 20.1. The van der Waals surface area contributed by atoms with E-state index >= 15 is 0 Å². The summed E-state index contributed by atoms with van der Waals surface area (Å²) < 4.78 is 0. The van der Waals surface area contributed by atoms with E-state index in [0.717, 1.165) is 30.8 Å². The predicted octanol–water partition coefficient (Wildman–Crippen LogP) is 2.98. The summed E-state index contributed by atoms with van der Waals surface area (Å²) >= 11 is 1.74. The maximum Gasteiger partial charge on any atom is 0.220 e. The van der Waals surface area contributed by atoms with Gasteiger partial charge >= 0.3 is 0 Å². The van der Waals surface area contributed by atoms with E-state index in [1.807, 2.05) is 0 Å². The Morgan fingerprint density at radius 3 is 3.04 bits per heavy atom. The number of carbonyl (C=O) groups is 1. The molecule has 2 aliphatic rings. The van der Waals surface area contributed by atoms with Gasteiger partial charge in [0.05, 0.1) is 5.52 Å². The van der Waals surface area contributed by atoms with Crippen molar-refractivity contribution >= 4 is 34.4 Å². The zero-order valence-corrected chi connectivity index (χ0v) is 14.3. The van der Waals surface area contributed by atoms with E-state index in [0.29, 0.717) is 18.4 Å². The Bertz CT molecular complexity index is 776. The summed E-state index contributed by atoms with van der Waals surface area (Å²) in [6.07, 6.45) is 3.76. The third kappa shape index (κ3) is 2.67. The van der Waals surface area contributed by atoms with Crippen LogP contribution in [0.5, 0.6) is 0 Å². The van der Waals surface area contributed by atoms with Crippen LogP contribution in [0.2, 0.25) is 0 Å². The van der Waals surface area contributed by atoms with E-state index < -0.39 is 0 Å². The van der Waals surface area contributed by atoms with Gasteiger partial charge < -0.3 is 10.2 Å². The molecule has 2 saturated heterocycles. The second-order valence-electron chi connectivity index (χ2n) is 6.55. The first-order chi connectivity index (χ1) is 11.1. The Balaban J connectivity index is 1.67. The summed E-state index contributed by atoms with van der Waals surface area (Å²) in [6.45, 7) is 4.03. The van der Waals surface area contributed by atoms with Crippen molar-refractivity contribution in [3.63, 3.8) is 0 Å². The third-order valence-corrected chi connectivity index (χ3v) is 5.79. The maximum atomic E-state index is 11.6. The van der Waals surface area contributed by atoms with Crippen LogP contribution in [-0.4, -0.2) is 36.3 Å². The number of nitrogens with zero attached hydrogens (tertiary/aromatic N) is 2. The number of amides is 1. The van der Waals surface area contributed by atoms with Crippen LogP contribution in [0.25, 0.3) is 10.9 Å². The standard InChI is InChI=1S/C18H21N3OS/c1-11-7-17(19-16-9-13(23-2)3-4-14(11)16)21-6-5-15-12(10-21)8-18(22)20-15/h3-4,7,9,12,15H,5-6,8,10H2,1-2H3,(H,20,22)/t12-,15+/m1/s1. The van der Waals surface area contributed by atoms with E-state index in [4.69, 9.17) is 4.98 Å². The lowest BCUT2D eigenvalue weighted by Crippen LogP contribution is -2.45. The minimum absolute atomic E-state index is 0.203. The largest absolute Gasteiger partial charge is 0.356 e. The summed E-state index contributed by atoms with van der Waals surface area (Å²) in [5.41, 5.74) is 2.33. The van der Waals surface area contributed by atoms with Gasteiger partial charge in [0.2, 0.25) is 5.91 Å². The van der Waals surface area contributed by atoms with E-state index in [1.165, 1.54) is 15.8 Å². The summed E-state index contributed by atoms with van der Waals surface area (Å²) in [7, 11) is 0. The molecule has 0 spiro atoms. The number of thioether (sulfide) groups is 1. The van der Waals surface area contributed by atoms with Gasteiger partial charge in [-0.25, -0.2) is 4.98 Å². The highest BCUT2D eigenvalue weighted by molar-refractivity contribution is 7.98. The van der Waals surface area contributed by atoms with Gasteiger partial charge in [0.15, 0.2) is 0 Å². The van der Waals surface area contributed by atoms with Gasteiger partial charge in [-0.3, -0.25) is 4.79 Å². The number of hydrogen-bond donors (Lipinski definition) is 1. The third-order valence-electron chi connectivity index (χ3n) is 5.06. The summed E-state index contributed by atoms with van der Waals surface area (Å²) in [6, 6.07) is 9.04. The number of fused-ring (bicyclic) bond motifs is 2. The molecule has 4 nitrogen and oxygen atoms in total.